The number of hydrogen-bond donors (Lipinski definition) is 0. The van der Waals surface area contributed by atoms with E-state index < -0.39 is 28.4 Å². The molecule has 0 bridgehead atoms. The molecule has 10 heteroatoms. The number of aromatic nitrogens is 5. The van der Waals surface area contributed by atoms with E-state index in [-0.39, 0.29) is 0 Å². The minimum Gasteiger partial charge on any atom is -0.458 e. The van der Waals surface area contributed by atoms with Gasteiger partial charge in [0.25, 0.3) is 5.56 Å². The van der Waals surface area contributed by atoms with Crippen LogP contribution in [0.15, 0.2) is 52.3 Å². The number of nitrogens with zero attached hydrogens (tertiary/aromatic N) is 5. The summed E-state index contributed by atoms with van der Waals surface area (Å²) < 4.78 is 8.17. The Hall–Kier alpha value is -3.53. The van der Waals surface area contributed by atoms with Crippen LogP contribution in [-0.4, -0.2) is 35.7 Å². The first kappa shape index (κ1) is 24.6. The molecule has 4 aromatic rings. The minimum absolute atomic E-state index is 0.329. The molecule has 0 radical (unpaired) electrons. The number of aryl methyl sites for hydroxylation is 3. The van der Waals surface area contributed by atoms with Crippen molar-refractivity contribution in [1.82, 2.24) is 24.1 Å². The fourth-order valence-electron chi connectivity index (χ4n) is 3.92. The Kier molecular flexibility index (Phi) is 6.27. The number of hydrogen-bond acceptors (Lipinski definition) is 7. The highest BCUT2D eigenvalue weighted by Crippen LogP contribution is 2.31. The number of benzene rings is 1. The quantitative estimate of drug-likeness (QED) is 0.380. The third-order valence-corrected chi connectivity index (χ3v) is 6.99. The summed E-state index contributed by atoms with van der Waals surface area (Å²) in [7, 11) is 0. The molecule has 184 valence electrons. The van der Waals surface area contributed by atoms with Gasteiger partial charge < -0.3 is 4.74 Å². The SMILES string of the molecule is Cc1c(-n2nccn2)sc2c1c(=O)n(C(C)(C)C(=O)OC(C)(C)C)c(=O)n2CCc1ccccc1. The molecule has 35 heavy (non-hydrogen) atoms. The highest BCUT2D eigenvalue weighted by atomic mass is 32.1. The molecule has 0 fully saturated rings. The summed E-state index contributed by atoms with van der Waals surface area (Å²) in [5.41, 5.74) is -1.69. The maximum atomic E-state index is 13.8. The summed E-state index contributed by atoms with van der Waals surface area (Å²) in [5, 5.41) is 9.42. The standard InChI is InChI=1S/C25H29N5O4S/c1-16-18-19(31)29(25(5,6)22(32)34-24(2,3)4)23(33)28(15-12-17-10-8-7-9-11-17)21(18)35-20(16)30-26-13-14-27-30/h7-11,13-14H,12,15H2,1-6H3. The number of rotatable bonds is 6. The molecule has 0 aliphatic carbocycles. The smallest absolute Gasteiger partial charge is 0.333 e. The highest BCUT2D eigenvalue weighted by Gasteiger charge is 2.38. The number of carbonyl (C=O) groups is 1. The molecule has 0 aliphatic heterocycles. The molecule has 0 amide bonds. The van der Waals surface area contributed by atoms with Crippen LogP contribution in [0.1, 0.15) is 45.7 Å². The van der Waals surface area contributed by atoms with Crippen LogP contribution in [0.5, 0.6) is 0 Å². The van der Waals surface area contributed by atoms with Gasteiger partial charge in [-0.25, -0.2) is 14.2 Å². The molecule has 0 atom stereocenters. The number of ether oxygens (including phenoxy) is 1. The van der Waals surface area contributed by atoms with Gasteiger partial charge in [0.1, 0.15) is 21.0 Å². The van der Waals surface area contributed by atoms with Crippen LogP contribution in [0, 0.1) is 6.92 Å². The predicted molar refractivity (Wildman–Crippen MR) is 135 cm³/mol. The van der Waals surface area contributed by atoms with Gasteiger partial charge in [0.15, 0.2) is 0 Å². The lowest BCUT2D eigenvalue weighted by Gasteiger charge is -2.30. The molecular formula is C25H29N5O4S. The molecule has 9 nitrogen and oxygen atoms in total. The minimum atomic E-state index is -1.53. The zero-order valence-electron chi connectivity index (χ0n) is 20.7. The van der Waals surface area contributed by atoms with Crippen LogP contribution >= 0.6 is 11.3 Å². The summed E-state index contributed by atoms with van der Waals surface area (Å²) in [6.45, 7) is 10.4. The topological polar surface area (TPSA) is 101 Å². The first-order valence-electron chi connectivity index (χ1n) is 11.4. The molecule has 0 saturated carbocycles. The van der Waals surface area contributed by atoms with Crippen molar-refractivity contribution in [3.63, 3.8) is 0 Å². The van der Waals surface area contributed by atoms with Crippen LogP contribution in [0.25, 0.3) is 15.2 Å². The fourth-order valence-corrected chi connectivity index (χ4v) is 5.15. The van der Waals surface area contributed by atoms with Crippen molar-refractivity contribution >= 4 is 27.5 Å². The Morgan fingerprint density at radius 2 is 1.66 bits per heavy atom. The van der Waals surface area contributed by atoms with Crippen molar-refractivity contribution in [2.75, 3.05) is 0 Å². The van der Waals surface area contributed by atoms with E-state index >= 15 is 0 Å². The molecule has 3 heterocycles. The molecule has 0 N–H and O–H groups in total. The summed E-state index contributed by atoms with van der Waals surface area (Å²) in [4.78, 5) is 42.7. The lowest BCUT2D eigenvalue weighted by Crippen LogP contribution is -2.54. The molecule has 0 saturated heterocycles. The van der Waals surface area contributed by atoms with Crippen molar-refractivity contribution in [1.29, 1.82) is 0 Å². The molecule has 1 aromatic carbocycles. The largest absolute Gasteiger partial charge is 0.458 e. The second kappa shape index (κ2) is 8.92. The van der Waals surface area contributed by atoms with E-state index in [0.717, 1.165) is 10.1 Å². The van der Waals surface area contributed by atoms with Crippen molar-refractivity contribution in [3.05, 3.63) is 74.7 Å². The van der Waals surface area contributed by atoms with Crippen molar-refractivity contribution in [2.45, 2.75) is 65.6 Å². The van der Waals surface area contributed by atoms with Gasteiger partial charge in [0, 0.05) is 12.1 Å². The molecule has 0 spiro atoms. The van der Waals surface area contributed by atoms with E-state index in [1.54, 1.807) is 44.7 Å². The summed E-state index contributed by atoms with van der Waals surface area (Å²) in [5.74, 6) is -0.653. The predicted octanol–water partition coefficient (Wildman–Crippen LogP) is 3.43. The Labute approximate surface area is 206 Å². The van der Waals surface area contributed by atoms with Gasteiger partial charge in [-0.1, -0.05) is 41.7 Å². The van der Waals surface area contributed by atoms with Crippen molar-refractivity contribution in [2.24, 2.45) is 0 Å². The normalized spacial score (nSPS) is 12.3. The molecule has 3 aromatic heterocycles. The molecule has 4 rings (SSSR count). The Balaban J connectivity index is 1.96. The zero-order valence-corrected chi connectivity index (χ0v) is 21.5. The van der Waals surface area contributed by atoms with E-state index in [2.05, 4.69) is 10.2 Å². The molecule has 0 unspecified atom stereocenters. The van der Waals surface area contributed by atoms with Gasteiger partial charge in [-0.15, -0.1) is 4.80 Å². The number of carbonyl (C=O) groups excluding carboxylic acids is 1. The fraction of sp³-hybridized carbons (Fsp3) is 0.400. The van der Waals surface area contributed by atoms with E-state index in [1.165, 1.54) is 30.0 Å². The average Bonchev–Trinajstić information content (AvgIpc) is 3.41. The van der Waals surface area contributed by atoms with Gasteiger partial charge in [-0.3, -0.25) is 9.36 Å². The van der Waals surface area contributed by atoms with Crippen LogP contribution in [0.3, 0.4) is 0 Å². The second-order valence-electron chi connectivity index (χ2n) is 9.90. The first-order chi connectivity index (χ1) is 16.4. The van der Waals surface area contributed by atoms with Gasteiger partial charge in [0.2, 0.25) is 0 Å². The molecule has 0 aliphatic rings. The van der Waals surface area contributed by atoms with Gasteiger partial charge in [-0.05, 0) is 53.5 Å². The van der Waals surface area contributed by atoms with Gasteiger partial charge in [0.05, 0.1) is 17.8 Å². The average molecular weight is 496 g/mol. The number of fused-ring (bicyclic) bond motifs is 1. The third-order valence-electron chi connectivity index (χ3n) is 5.71. The Morgan fingerprint density at radius 1 is 1.03 bits per heavy atom. The lowest BCUT2D eigenvalue weighted by molar-refractivity contribution is -0.164. The summed E-state index contributed by atoms with van der Waals surface area (Å²) in [6.07, 6.45) is 3.68. The highest BCUT2D eigenvalue weighted by molar-refractivity contribution is 7.21. The first-order valence-corrected chi connectivity index (χ1v) is 12.2. The third kappa shape index (κ3) is 4.58. The zero-order chi connectivity index (χ0) is 25.5. The lowest BCUT2D eigenvalue weighted by atomic mass is 10.0. The summed E-state index contributed by atoms with van der Waals surface area (Å²) >= 11 is 1.28. The second-order valence-corrected chi connectivity index (χ2v) is 10.9. The monoisotopic (exact) mass is 495 g/mol. The van der Waals surface area contributed by atoms with Crippen LogP contribution in [0.2, 0.25) is 0 Å². The number of thiophene rings is 1. The van der Waals surface area contributed by atoms with Crippen LogP contribution in [0.4, 0.5) is 0 Å². The number of esters is 1. The van der Waals surface area contributed by atoms with Gasteiger partial charge >= 0.3 is 11.7 Å². The van der Waals surface area contributed by atoms with E-state index in [9.17, 15) is 14.4 Å². The van der Waals surface area contributed by atoms with Crippen molar-refractivity contribution in [3.8, 4) is 5.00 Å². The van der Waals surface area contributed by atoms with Crippen LogP contribution < -0.4 is 11.2 Å². The maximum Gasteiger partial charge on any atom is 0.333 e. The Bertz CT molecular complexity index is 1490. The van der Waals surface area contributed by atoms with E-state index in [0.29, 0.717) is 33.7 Å². The van der Waals surface area contributed by atoms with E-state index in [1.807, 2.05) is 30.3 Å². The van der Waals surface area contributed by atoms with Crippen LogP contribution in [-0.2, 0) is 28.0 Å². The summed E-state index contributed by atoms with van der Waals surface area (Å²) in [6, 6.07) is 9.79. The molecular weight excluding hydrogens is 466 g/mol. The van der Waals surface area contributed by atoms with E-state index in [4.69, 9.17) is 4.74 Å². The van der Waals surface area contributed by atoms with Crippen molar-refractivity contribution < 1.29 is 9.53 Å². The Morgan fingerprint density at radius 3 is 2.26 bits per heavy atom. The van der Waals surface area contributed by atoms with Gasteiger partial charge in [-0.2, -0.15) is 10.2 Å². The maximum absolute atomic E-state index is 13.8.